The number of hydrogen-bond donors (Lipinski definition) is 0. The Morgan fingerprint density at radius 1 is 0.643 bits per heavy atom. The van der Waals surface area contributed by atoms with Crippen LogP contribution in [0.3, 0.4) is 0 Å². The van der Waals surface area contributed by atoms with Gasteiger partial charge >= 0.3 is 0 Å². The molecule has 0 saturated heterocycles. The second kappa shape index (κ2) is 8.34. The van der Waals surface area contributed by atoms with Crippen LogP contribution in [0, 0.1) is 0 Å². The van der Waals surface area contributed by atoms with Gasteiger partial charge < -0.3 is 0 Å². The molecule has 3 aromatic heterocycles. The third-order valence-corrected chi connectivity index (χ3v) is 9.05. The molecule has 0 spiro atoms. The first-order chi connectivity index (χ1) is 20.6. The van der Waals surface area contributed by atoms with E-state index in [4.69, 9.17) is 9.97 Å². The zero-order valence-electron chi connectivity index (χ0n) is 23.3. The zero-order chi connectivity index (χ0) is 28.0. The van der Waals surface area contributed by atoms with E-state index in [1.165, 1.54) is 43.8 Å². The molecule has 0 saturated carbocycles. The highest BCUT2D eigenvalue weighted by Gasteiger charge is 2.40. The van der Waals surface area contributed by atoms with Gasteiger partial charge in [-0.25, -0.2) is 9.97 Å². The Bertz CT molecular complexity index is 2380. The Hall–Kier alpha value is -5.35. The van der Waals surface area contributed by atoms with E-state index < -0.39 is 0 Å². The summed E-state index contributed by atoms with van der Waals surface area (Å²) in [6.45, 7) is 4.67. The van der Waals surface area contributed by atoms with Gasteiger partial charge in [0.1, 0.15) is 0 Å². The van der Waals surface area contributed by atoms with Gasteiger partial charge in [-0.15, -0.1) is 0 Å². The van der Waals surface area contributed by atoms with Gasteiger partial charge in [0.15, 0.2) is 0 Å². The maximum atomic E-state index is 5.35. The fraction of sp³-hybridized carbons (Fsp3) is 0.0789. The van der Waals surface area contributed by atoms with Crippen LogP contribution in [0.25, 0.3) is 71.8 Å². The third-order valence-electron chi connectivity index (χ3n) is 9.05. The second-order valence-corrected chi connectivity index (χ2v) is 11.7. The summed E-state index contributed by atoms with van der Waals surface area (Å²) in [7, 11) is 0. The lowest BCUT2D eigenvalue weighted by Crippen LogP contribution is -2.15. The molecule has 1 aliphatic rings. The Kier molecular flexibility index (Phi) is 4.64. The fourth-order valence-electron chi connectivity index (χ4n) is 7.29. The van der Waals surface area contributed by atoms with Gasteiger partial charge in [0.2, 0.25) is 5.95 Å². The van der Waals surface area contributed by atoms with Crippen LogP contribution in [-0.4, -0.2) is 19.5 Å². The van der Waals surface area contributed by atoms with E-state index in [1.54, 1.807) is 0 Å². The molecule has 1 aliphatic carbocycles. The van der Waals surface area contributed by atoms with Gasteiger partial charge in [-0.05, 0) is 40.3 Å². The number of rotatable bonds is 2. The minimum absolute atomic E-state index is 0.192. The molecule has 0 unspecified atom stereocenters. The topological polar surface area (TPSA) is 43.6 Å². The third kappa shape index (κ3) is 2.98. The number of benzene rings is 5. The molecule has 9 rings (SSSR count). The average molecular weight is 539 g/mol. The van der Waals surface area contributed by atoms with E-state index in [-0.39, 0.29) is 5.41 Å². The van der Waals surface area contributed by atoms with Crippen molar-refractivity contribution in [2.75, 3.05) is 0 Å². The number of para-hydroxylation sites is 2. The predicted molar refractivity (Wildman–Crippen MR) is 172 cm³/mol. The molecular formula is C38H26N4. The minimum atomic E-state index is -0.192. The highest BCUT2D eigenvalue weighted by atomic mass is 15.2. The molecule has 5 aromatic carbocycles. The summed E-state index contributed by atoms with van der Waals surface area (Å²) >= 11 is 0. The Morgan fingerprint density at radius 2 is 1.38 bits per heavy atom. The molecule has 4 nitrogen and oxygen atoms in total. The summed E-state index contributed by atoms with van der Waals surface area (Å²) < 4.78 is 2.31. The first-order valence-electron chi connectivity index (χ1n) is 14.4. The van der Waals surface area contributed by atoms with Crippen LogP contribution in [0.5, 0.6) is 0 Å². The quantitative estimate of drug-likeness (QED) is 0.220. The van der Waals surface area contributed by atoms with Crippen LogP contribution in [0.15, 0.2) is 122 Å². The van der Waals surface area contributed by atoms with E-state index in [2.05, 4.69) is 127 Å². The Balaban J connectivity index is 1.54. The van der Waals surface area contributed by atoms with Crippen LogP contribution in [0.4, 0.5) is 0 Å². The van der Waals surface area contributed by atoms with E-state index in [0.29, 0.717) is 5.95 Å². The highest BCUT2D eigenvalue weighted by Crippen LogP contribution is 2.56. The number of aromatic nitrogens is 4. The van der Waals surface area contributed by atoms with Gasteiger partial charge in [-0.2, -0.15) is 0 Å². The molecule has 0 aliphatic heterocycles. The van der Waals surface area contributed by atoms with Crippen LogP contribution < -0.4 is 0 Å². The van der Waals surface area contributed by atoms with Crippen molar-refractivity contribution in [3.05, 3.63) is 133 Å². The monoisotopic (exact) mass is 538 g/mol. The van der Waals surface area contributed by atoms with Crippen molar-refractivity contribution in [2.45, 2.75) is 19.3 Å². The van der Waals surface area contributed by atoms with Crippen LogP contribution in [0.2, 0.25) is 0 Å². The summed E-state index contributed by atoms with van der Waals surface area (Å²) in [5.74, 6) is 0.677. The van der Waals surface area contributed by atoms with Crippen LogP contribution >= 0.6 is 0 Å². The molecule has 0 N–H and O–H groups in total. The molecule has 4 heteroatoms. The van der Waals surface area contributed by atoms with Crippen molar-refractivity contribution >= 4 is 43.5 Å². The zero-order valence-corrected chi connectivity index (χ0v) is 23.3. The molecule has 8 aromatic rings. The molecule has 0 bridgehead atoms. The van der Waals surface area contributed by atoms with E-state index in [0.717, 1.165) is 33.2 Å². The fourth-order valence-corrected chi connectivity index (χ4v) is 7.29. The average Bonchev–Trinajstić information content (AvgIpc) is 3.51. The van der Waals surface area contributed by atoms with Crippen molar-refractivity contribution in [3.63, 3.8) is 0 Å². The number of fused-ring (bicyclic) bond motifs is 11. The summed E-state index contributed by atoms with van der Waals surface area (Å²) in [5, 5.41) is 5.85. The lowest BCUT2D eigenvalue weighted by Gasteiger charge is -2.23. The standard InChI is InChI=1S/C38H26N4/c1-38(2)29-17-9-6-14-25(29)33-34(38)28-22-39-21-20-24(28)32-27-16-8-11-19-31(27)42(36(32)33)37-40-30-18-10-7-15-26(30)35(41-37)23-12-4-3-5-13-23/h3-22H,1-2H3. The van der Waals surface area contributed by atoms with Crippen molar-refractivity contribution in [1.29, 1.82) is 0 Å². The summed E-state index contributed by atoms with van der Waals surface area (Å²) in [4.78, 5) is 15.2. The van der Waals surface area contributed by atoms with Gasteiger partial charge in [-0.1, -0.05) is 105 Å². The van der Waals surface area contributed by atoms with Gasteiger partial charge in [0, 0.05) is 50.5 Å². The van der Waals surface area contributed by atoms with Crippen molar-refractivity contribution < 1.29 is 0 Å². The van der Waals surface area contributed by atoms with Gasteiger partial charge in [0.25, 0.3) is 0 Å². The maximum absolute atomic E-state index is 5.35. The SMILES string of the molecule is CC1(C)c2ccccc2-c2c1c1cnccc1c1c3ccccc3n(-c3nc(-c4ccccc4)c4ccccc4n3)c21. The van der Waals surface area contributed by atoms with Crippen molar-refractivity contribution in [2.24, 2.45) is 0 Å². The number of nitrogens with zero attached hydrogens (tertiary/aromatic N) is 4. The summed E-state index contributed by atoms with van der Waals surface area (Å²) in [5.41, 5.74) is 10.1. The lowest BCUT2D eigenvalue weighted by molar-refractivity contribution is 0.666. The van der Waals surface area contributed by atoms with Gasteiger partial charge in [-0.3, -0.25) is 9.55 Å². The van der Waals surface area contributed by atoms with Crippen LogP contribution in [-0.2, 0) is 5.41 Å². The van der Waals surface area contributed by atoms with Crippen LogP contribution in [0.1, 0.15) is 25.0 Å². The molecule has 0 amide bonds. The summed E-state index contributed by atoms with van der Waals surface area (Å²) in [6.07, 6.45) is 3.96. The highest BCUT2D eigenvalue weighted by molar-refractivity contribution is 6.27. The summed E-state index contributed by atoms with van der Waals surface area (Å²) in [6, 6.07) is 38.4. The number of pyridine rings is 1. The normalized spacial score (nSPS) is 13.7. The van der Waals surface area contributed by atoms with Gasteiger partial charge in [0.05, 0.1) is 22.2 Å². The molecule has 0 radical (unpaired) electrons. The van der Waals surface area contributed by atoms with E-state index >= 15 is 0 Å². The molecule has 0 fully saturated rings. The molecule has 3 heterocycles. The molecule has 42 heavy (non-hydrogen) atoms. The van der Waals surface area contributed by atoms with E-state index in [9.17, 15) is 0 Å². The molecule has 198 valence electrons. The molecular weight excluding hydrogens is 512 g/mol. The van der Waals surface area contributed by atoms with Crippen molar-refractivity contribution in [3.8, 4) is 28.3 Å². The lowest BCUT2D eigenvalue weighted by atomic mass is 9.80. The van der Waals surface area contributed by atoms with Crippen molar-refractivity contribution in [1.82, 2.24) is 19.5 Å². The number of hydrogen-bond acceptors (Lipinski definition) is 3. The minimum Gasteiger partial charge on any atom is -0.277 e. The first kappa shape index (κ1) is 23.4. The Morgan fingerprint density at radius 3 is 2.26 bits per heavy atom. The smallest absolute Gasteiger partial charge is 0.235 e. The first-order valence-corrected chi connectivity index (χ1v) is 14.4. The maximum Gasteiger partial charge on any atom is 0.235 e. The predicted octanol–water partition coefficient (Wildman–Crippen LogP) is 9.25. The van der Waals surface area contributed by atoms with E-state index in [1.807, 2.05) is 18.5 Å². The Labute approximate surface area is 242 Å². The largest absolute Gasteiger partial charge is 0.277 e. The molecule has 0 atom stereocenters. The second-order valence-electron chi connectivity index (χ2n) is 11.7.